The van der Waals surface area contributed by atoms with Crippen LogP contribution in [0.15, 0.2) is 11.4 Å². The molecule has 18 heavy (non-hydrogen) atoms. The number of nitrogens with zero attached hydrogens (tertiary/aromatic N) is 1. The Balaban J connectivity index is 2.26. The Morgan fingerprint density at radius 3 is 1.94 bits per heavy atom. The molecule has 0 aromatic carbocycles. The van der Waals surface area contributed by atoms with Gasteiger partial charge in [0, 0.05) is 24.4 Å². The molecule has 0 radical (unpaired) electrons. The Kier molecular flexibility index (Phi) is 3.63. The molecule has 0 aromatic rings. The normalized spacial score (nSPS) is 23.9. The first-order valence-corrected chi connectivity index (χ1v) is 7.50. The van der Waals surface area contributed by atoms with Crippen LogP contribution in [0.1, 0.15) is 54.4 Å². The molecule has 0 aromatic heterocycles. The van der Waals surface area contributed by atoms with Crippen LogP contribution in [-0.2, 0) is 0 Å². The minimum atomic E-state index is 0.544. The summed E-state index contributed by atoms with van der Waals surface area (Å²) in [7, 11) is 0. The van der Waals surface area contributed by atoms with Crippen LogP contribution in [0.4, 0.5) is 0 Å². The monoisotopic (exact) mass is 252 g/mol. The molecule has 2 aliphatic heterocycles. The third-order valence-electron chi connectivity index (χ3n) is 5.04. The fraction of sp³-hybridized carbons (Fsp3) is 0.867. The fourth-order valence-corrected chi connectivity index (χ4v) is 4.53. The van der Waals surface area contributed by atoms with Crippen molar-refractivity contribution in [2.24, 2.45) is 0 Å². The number of hydrogen-bond donors (Lipinski definition) is 2. The van der Waals surface area contributed by atoms with Crippen molar-refractivity contribution in [2.75, 3.05) is 6.54 Å². The first-order chi connectivity index (χ1) is 8.40. The van der Waals surface area contributed by atoms with Gasteiger partial charge in [0.25, 0.3) is 0 Å². The summed E-state index contributed by atoms with van der Waals surface area (Å²) in [6.07, 6.45) is 2.90. The molecule has 0 saturated carbocycles. The van der Waals surface area contributed by atoms with Gasteiger partial charge in [-0.1, -0.05) is 0 Å². The topological polar surface area (TPSA) is 24.1 Å². The molecule has 0 amide bonds. The van der Waals surface area contributed by atoms with Gasteiger partial charge in [-0.15, -0.1) is 0 Å². The van der Waals surface area contributed by atoms with Gasteiger partial charge in [-0.05, 0) is 41.5 Å². The van der Waals surface area contributed by atoms with Crippen molar-refractivity contribution in [3.63, 3.8) is 0 Å². The largest absolute Gasteiger partial charge is 0.386 e. The lowest BCUT2D eigenvalue weighted by atomic mass is 10.0. The molecule has 0 spiro atoms. The van der Waals surface area contributed by atoms with Crippen LogP contribution >= 0.6 is 0 Å². The third kappa shape index (κ3) is 1.83. The van der Waals surface area contributed by atoms with Crippen molar-refractivity contribution < 1.29 is 4.48 Å². The lowest BCUT2D eigenvalue weighted by Gasteiger charge is -2.53. The summed E-state index contributed by atoms with van der Waals surface area (Å²) in [6.45, 7) is 15.4. The zero-order chi connectivity index (χ0) is 13.5. The van der Waals surface area contributed by atoms with Crippen LogP contribution in [0.25, 0.3) is 0 Å². The summed E-state index contributed by atoms with van der Waals surface area (Å²) in [5, 5.41) is 7.37. The average Bonchev–Trinajstić information content (AvgIpc) is 2.76. The SMILES string of the molecule is CC(C)[N+](C(C)C)(C(C)C)C1CC2=C(CCN2)N1. The molecule has 0 aliphatic carbocycles. The van der Waals surface area contributed by atoms with Gasteiger partial charge < -0.3 is 10.6 Å². The van der Waals surface area contributed by atoms with E-state index < -0.39 is 0 Å². The fourth-order valence-electron chi connectivity index (χ4n) is 4.53. The lowest BCUT2D eigenvalue weighted by Crippen LogP contribution is -2.69. The maximum Gasteiger partial charge on any atom is 0.168 e. The molecule has 0 bridgehead atoms. The van der Waals surface area contributed by atoms with Gasteiger partial charge in [0.05, 0.1) is 24.5 Å². The van der Waals surface area contributed by atoms with E-state index in [1.807, 2.05) is 0 Å². The highest BCUT2D eigenvalue weighted by Gasteiger charge is 2.48. The van der Waals surface area contributed by atoms with Crippen molar-refractivity contribution in [2.45, 2.75) is 78.7 Å². The highest BCUT2D eigenvalue weighted by Crippen LogP contribution is 2.35. The number of hydrogen-bond acceptors (Lipinski definition) is 2. The van der Waals surface area contributed by atoms with E-state index in [2.05, 4.69) is 52.2 Å². The number of nitrogens with one attached hydrogen (secondary N) is 2. The molecule has 3 heteroatoms. The van der Waals surface area contributed by atoms with Crippen LogP contribution in [0, 0.1) is 0 Å². The van der Waals surface area contributed by atoms with Gasteiger partial charge >= 0.3 is 0 Å². The predicted octanol–water partition coefficient (Wildman–Crippen LogP) is 2.55. The number of quaternary nitrogens is 1. The zero-order valence-corrected chi connectivity index (χ0v) is 12.9. The molecule has 1 unspecified atom stereocenters. The average molecular weight is 252 g/mol. The first-order valence-electron chi connectivity index (χ1n) is 7.50. The smallest absolute Gasteiger partial charge is 0.168 e. The summed E-state index contributed by atoms with van der Waals surface area (Å²) in [5.41, 5.74) is 2.95. The van der Waals surface area contributed by atoms with E-state index in [0.717, 1.165) is 11.0 Å². The van der Waals surface area contributed by atoms with Crippen LogP contribution in [-0.4, -0.2) is 35.3 Å². The minimum Gasteiger partial charge on any atom is -0.386 e. The molecule has 3 nitrogen and oxygen atoms in total. The van der Waals surface area contributed by atoms with E-state index in [9.17, 15) is 0 Å². The van der Waals surface area contributed by atoms with Gasteiger partial charge in [-0.2, -0.15) is 0 Å². The van der Waals surface area contributed by atoms with Crippen molar-refractivity contribution >= 4 is 0 Å². The standard InChI is InChI=1S/C15H30N3/c1-10(2)18(11(3)4,12(5)6)15-9-14-13(17-15)7-8-16-14/h10-12,15-17H,7-9H2,1-6H3/q+1. The zero-order valence-electron chi connectivity index (χ0n) is 12.9. The Bertz CT molecular complexity index is 304. The Hall–Kier alpha value is -0.700. The highest BCUT2D eigenvalue weighted by atomic mass is 15.5. The van der Waals surface area contributed by atoms with Crippen molar-refractivity contribution in [1.82, 2.24) is 10.6 Å². The van der Waals surface area contributed by atoms with Gasteiger partial charge in [-0.25, -0.2) is 0 Å². The molecule has 1 atom stereocenters. The summed E-state index contributed by atoms with van der Waals surface area (Å²) in [5.74, 6) is 0. The van der Waals surface area contributed by atoms with Gasteiger partial charge in [-0.3, -0.25) is 4.48 Å². The van der Waals surface area contributed by atoms with Crippen molar-refractivity contribution in [3.8, 4) is 0 Å². The molecule has 0 saturated heterocycles. The Morgan fingerprint density at radius 1 is 0.944 bits per heavy atom. The second kappa shape index (κ2) is 4.76. The predicted molar refractivity (Wildman–Crippen MR) is 76.9 cm³/mol. The van der Waals surface area contributed by atoms with Gasteiger partial charge in [0.2, 0.25) is 0 Å². The maximum atomic E-state index is 3.83. The van der Waals surface area contributed by atoms with Crippen LogP contribution in [0.3, 0.4) is 0 Å². The van der Waals surface area contributed by atoms with Crippen LogP contribution in [0.2, 0.25) is 0 Å². The van der Waals surface area contributed by atoms with Crippen molar-refractivity contribution in [1.29, 1.82) is 0 Å². The van der Waals surface area contributed by atoms with E-state index in [-0.39, 0.29) is 0 Å². The number of rotatable bonds is 4. The van der Waals surface area contributed by atoms with Crippen LogP contribution in [0.5, 0.6) is 0 Å². The second-order valence-corrected chi connectivity index (χ2v) is 6.67. The molecule has 2 heterocycles. The molecular formula is C15H30N3+. The minimum absolute atomic E-state index is 0.544. The van der Waals surface area contributed by atoms with E-state index in [1.54, 1.807) is 0 Å². The van der Waals surface area contributed by atoms with Crippen molar-refractivity contribution in [3.05, 3.63) is 11.4 Å². The Labute approximate surface area is 112 Å². The van der Waals surface area contributed by atoms with Gasteiger partial charge in [0.15, 0.2) is 6.17 Å². The third-order valence-corrected chi connectivity index (χ3v) is 5.04. The van der Waals surface area contributed by atoms with E-state index in [1.165, 1.54) is 24.2 Å². The first kappa shape index (κ1) is 13.7. The summed E-state index contributed by atoms with van der Waals surface area (Å²) in [6, 6.07) is 1.92. The quantitative estimate of drug-likeness (QED) is 0.751. The molecule has 2 N–H and O–H groups in total. The second-order valence-electron chi connectivity index (χ2n) is 6.67. The summed E-state index contributed by atoms with van der Waals surface area (Å²) >= 11 is 0. The molecule has 104 valence electrons. The lowest BCUT2D eigenvalue weighted by molar-refractivity contribution is -1.01. The summed E-state index contributed by atoms with van der Waals surface area (Å²) in [4.78, 5) is 0. The molecule has 2 aliphatic rings. The molecule has 0 fully saturated rings. The highest BCUT2D eigenvalue weighted by molar-refractivity contribution is 5.22. The van der Waals surface area contributed by atoms with Crippen LogP contribution < -0.4 is 10.6 Å². The van der Waals surface area contributed by atoms with Gasteiger partial charge in [0.1, 0.15) is 0 Å². The van der Waals surface area contributed by atoms with E-state index >= 15 is 0 Å². The molecular weight excluding hydrogens is 222 g/mol. The maximum absolute atomic E-state index is 3.83. The van der Waals surface area contributed by atoms with E-state index in [4.69, 9.17) is 0 Å². The Morgan fingerprint density at radius 2 is 1.50 bits per heavy atom. The molecule has 2 rings (SSSR count). The van der Waals surface area contributed by atoms with E-state index in [0.29, 0.717) is 24.3 Å². The summed E-state index contributed by atoms with van der Waals surface area (Å²) < 4.78 is 1.16.